The van der Waals surface area contributed by atoms with Crippen molar-refractivity contribution in [2.24, 2.45) is 5.92 Å². The predicted molar refractivity (Wildman–Crippen MR) is 61.5 cm³/mol. The summed E-state index contributed by atoms with van der Waals surface area (Å²) < 4.78 is 0. The zero-order chi connectivity index (χ0) is 11.0. The molecule has 0 bridgehead atoms. The zero-order valence-corrected chi connectivity index (χ0v) is 9.30. The first-order valence-corrected chi connectivity index (χ1v) is 5.38. The van der Waals surface area contributed by atoms with E-state index in [1.165, 1.54) is 22.3 Å². The van der Waals surface area contributed by atoms with Crippen LogP contribution < -0.4 is 5.73 Å². The van der Waals surface area contributed by atoms with Gasteiger partial charge in [-0.3, -0.25) is 0 Å². The minimum absolute atomic E-state index is 0.480. The van der Waals surface area contributed by atoms with Crippen molar-refractivity contribution in [1.82, 2.24) is 0 Å². The van der Waals surface area contributed by atoms with Gasteiger partial charge in [0, 0.05) is 12.1 Å². The SMILES string of the molecule is Cc1cc2c(c(N)c1C)CC(CC#N)C2. The molecule has 1 aliphatic rings. The van der Waals surface area contributed by atoms with Gasteiger partial charge in [-0.1, -0.05) is 6.07 Å². The standard InChI is InChI=1S/C13H16N2/c1-8-5-11-6-10(3-4-14)7-12(11)13(15)9(8)2/h5,10H,3,6-7,15H2,1-2H3. The van der Waals surface area contributed by atoms with Crippen molar-refractivity contribution < 1.29 is 0 Å². The minimum Gasteiger partial charge on any atom is -0.398 e. The molecule has 0 spiro atoms. The summed E-state index contributed by atoms with van der Waals surface area (Å²) in [6, 6.07) is 4.49. The van der Waals surface area contributed by atoms with Gasteiger partial charge in [-0.25, -0.2) is 0 Å². The minimum atomic E-state index is 0.480. The average Bonchev–Trinajstić information content (AvgIpc) is 2.58. The van der Waals surface area contributed by atoms with Gasteiger partial charge in [0.25, 0.3) is 0 Å². The molecule has 78 valence electrons. The Kier molecular flexibility index (Phi) is 2.40. The topological polar surface area (TPSA) is 49.8 Å². The van der Waals surface area contributed by atoms with Crippen molar-refractivity contribution in [3.8, 4) is 6.07 Å². The van der Waals surface area contributed by atoms with Crippen molar-refractivity contribution in [2.75, 3.05) is 5.73 Å². The molecule has 2 nitrogen and oxygen atoms in total. The maximum atomic E-state index is 8.70. The molecule has 1 unspecified atom stereocenters. The number of nitriles is 1. The Morgan fingerprint density at radius 1 is 1.47 bits per heavy atom. The highest BCUT2D eigenvalue weighted by molar-refractivity contribution is 5.61. The van der Waals surface area contributed by atoms with Crippen LogP contribution in [0.15, 0.2) is 6.07 Å². The van der Waals surface area contributed by atoms with E-state index in [9.17, 15) is 0 Å². The molecule has 0 saturated carbocycles. The molecule has 2 N–H and O–H groups in total. The lowest BCUT2D eigenvalue weighted by Crippen LogP contribution is -2.00. The number of rotatable bonds is 1. The Bertz CT molecular complexity index is 441. The molecule has 15 heavy (non-hydrogen) atoms. The van der Waals surface area contributed by atoms with E-state index < -0.39 is 0 Å². The molecule has 0 aromatic heterocycles. The smallest absolute Gasteiger partial charge is 0.0624 e. The summed E-state index contributed by atoms with van der Waals surface area (Å²) in [4.78, 5) is 0. The Hall–Kier alpha value is -1.49. The number of hydrogen-bond acceptors (Lipinski definition) is 2. The summed E-state index contributed by atoms with van der Waals surface area (Å²) in [6.45, 7) is 4.17. The second-order valence-corrected chi connectivity index (χ2v) is 4.51. The van der Waals surface area contributed by atoms with Gasteiger partial charge >= 0.3 is 0 Å². The second kappa shape index (κ2) is 3.58. The fourth-order valence-corrected chi connectivity index (χ4v) is 2.44. The Labute approximate surface area is 90.7 Å². The number of nitrogens with zero attached hydrogens (tertiary/aromatic N) is 1. The van der Waals surface area contributed by atoms with E-state index in [1.54, 1.807) is 0 Å². The summed E-state index contributed by atoms with van der Waals surface area (Å²) >= 11 is 0. The third kappa shape index (κ3) is 1.59. The van der Waals surface area contributed by atoms with Crippen molar-refractivity contribution >= 4 is 5.69 Å². The quantitative estimate of drug-likeness (QED) is 0.708. The van der Waals surface area contributed by atoms with Gasteiger partial charge in [-0.2, -0.15) is 5.26 Å². The number of benzene rings is 1. The first-order valence-electron chi connectivity index (χ1n) is 5.38. The molecule has 2 heteroatoms. The number of nitrogen functional groups attached to an aromatic ring is 1. The highest BCUT2D eigenvalue weighted by Crippen LogP contribution is 2.35. The molecular formula is C13H16N2. The zero-order valence-electron chi connectivity index (χ0n) is 9.30. The molecule has 0 heterocycles. The molecule has 0 radical (unpaired) electrons. The van der Waals surface area contributed by atoms with Crippen LogP contribution in [0.1, 0.15) is 28.7 Å². The monoisotopic (exact) mass is 200 g/mol. The molecule has 1 atom stereocenters. The van der Waals surface area contributed by atoms with Gasteiger partial charge in [0.2, 0.25) is 0 Å². The fourth-order valence-electron chi connectivity index (χ4n) is 2.44. The van der Waals surface area contributed by atoms with E-state index in [-0.39, 0.29) is 0 Å². The summed E-state index contributed by atoms with van der Waals surface area (Å²) in [5.41, 5.74) is 12.2. The van der Waals surface area contributed by atoms with Crippen LogP contribution in [0.4, 0.5) is 5.69 Å². The lowest BCUT2D eigenvalue weighted by Gasteiger charge is -2.10. The number of aryl methyl sites for hydroxylation is 1. The molecular weight excluding hydrogens is 184 g/mol. The Morgan fingerprint density at radius 2 is 2.20 bits per heavy atom. The molecule has 1 aromatic rings. The van der Waals surface area contributed by atoms with E-state index >= 15 is 0 Å². The van der Waals surface area contributed by atoms with Crippen molar-refractivity contribution in [3.05, 3.63) is 28.3 Å². The molecule has 1 aromatic carbocycles. The normalized spacial score (nSPS) is 18.6. The van der Waals surface area contributed by atoms with Crippen LogP contribution in [0.5, 0.6) is 0 Å². The highest BCUT2D eigenvalue weighted by Gasteiger charge is 2.24. The van der Waals surface area contributed by atoms with Crippen molar-refractivity contribution in [1.29, 1.82) is 5.26 Å². The molecule has 0 saturated heterocycles. The lowest BCUT2D eigenvalue weighted by molar-refractivity contribution is 0.577. The molecule has 0 amide bonds. The van der Waals surface area contributed by atoms with Gasteiger partial charge in [-0.15, -0.1) is 0 Å². The number of nitrogens with two attached hydrogens (primary N) is 1. The third-order valence-corrected chi connectivity index (χ3v) is 3.48. The summed E-state index contributed by atoms with van der Waals surface area (Å²) in [7, 11) is 0. The van der Waals surface area contributed by atoms with Gasteiger partial charge in [0.1, 0.15) is 0 Å². The van der Waals surface area contributed by atoms with Crippen molar-refractivity contribution in [3.63, 3.8) is 0 Å². The average molecular weight is 200 g/mol. The van der Waals surface area contributed by atoms with Crippen LogP contribution in [-0.2, 0) is 12.8 Å². The van der Waals surface area contributed by atoms with Crippen LogP contribution >= 0.6 is 0 Å². The van der Waals surface area contributed by atoms with Crippen LogP contribution in [-0.4, -0.2) is 0 Å². The predicted octanol–water partition coefficient (Wildman–Crippen LogP) is 2.51. The van der Waals surface area contributed by atoms with Crippen molar-refractivity contribution in [2.45, 2.75) is 33.1 Å². The fraction of sp³-hybridized carbons (Fsp3) is 0.462. The van der Waals surface area contributed by atoms with Gasteiger partial charge < -0.3 is 5.73 Å². The first-order chi connectivity index (χ1) is 7.13. The Morgan fingerprint density at radius 3 is 2.87 bits per heavy atom. The first kappa shape index (κ1) is 10.0. The third-order valence-electron chi connectivity index (χ3n) is 3.48. The summed E-state index contributed by atoms with van der Waals surface area (Å²) in [5.74, 6) is 0.480. The maximum Gasteiger partial charge on any atom is 0.0624 e. The number of fused-ring (bicyclic) bond motifs is 1. The maximum absolute atomic E-state index is 8.70. The lowest BCUT2D eigenvalue weighted by atomic mass is 9.99. The van der Waals surface area contributed by atoms with E-state index in [0.717, 1.165) is 18.5 Å². The van der Waals surface area contributed by atoms with Crippen LogP contribution in [0.3, 0.4) is 0 Å². The molecule has 0 fully saturated rings. The van der Waals surface area contributed by atoms with E-state index in [2.05, 4.69) is 26.0 Å². The van der Waals surface area contributed by atoms with Crippen LogP contribution in [0.2, 0.25) is 0 Å². The van der Waals surface area contributed by atoms with E-state index in [4.69, 9.17) is 11.0 Å². The largest absolute Gasteiger partial charge is 0.398 e. The molecule has 0 aliphatic heterocycles. The van der Waals surface area contributed by atoms with E-state index in [0.29, 0.717) is 12.3 Å². The molecule has 1 aliphatic carbocycles. The summed E-state index contributed by atoms with van der Waals surface area (Å²) in [5, 5.41) is 8.70. The Balaban J connectivity index is 2.39. The van der Waals surface area contributed by atoms with Crippen LogP contribution in [0.25, 0.3) is 0 Å². The molecule has 2 rings (SSSR count). The van der Waals surface area contributed by atoms with Gasteiger partial charge in [0.15, 0.2) is 0 Å². The van der Waals surface area contributed by atoms with E-state index in [1.807, 2.05) is 0 Å². The van der Waals surface area contributed by atoms with Gasteiger partial charge in [0.05, 0.1) is 6.07 Å². The highest BCUT2D eigenvalue weighted by atomic mass is 14.6. The number of hydrogen-bond donors (Lipinski definition) is 1. The van der Waals surface area contributed by atoms with Crippen LogP contribution in [0, 0.1) is 31.1 Å². The summed E-state index contributed by atoms with van der Waals surface area (Å²) in [6.07, 6.45) is 2.65. The second-order valence-electron chi connectivity index (χ2n) is 4.51. The number of anilines is 1. The van der Waals surface area contributed by atoms with Gasteiger partial charge in [-0.05, 0) is 54.9 Å².